The summed E-state index contributed by atoms with van der Waals surface area (Å²) in [5.74, 6) is -2.34. The quantitative estimate of drug-likeness (QED) is 0.617. The molecule has 174 valence electrons. The lowest BCUT2D eigenvalue weighted by Gasteiger charge is -2.36. The van der Waals surface area contributed by atoms with Crippen molar-refractivity contribution in [2.24, 2.45) is 5.92 Å². The lowest BCUT2D eigenvalue weighted by Crippen LogP contribution is -2.50. The summed E-state index contributed by atoms with van der Waals surface area (Å²) in [7, 11) is 0. The molecular weight excluding hydrogens is 431 g/mol. The molecule has 10 heteroatoms. The largest absolute Gasteiger partial charge is 0.435 e. The maximum Gasteiger partial charge on any atom is 0.435 e. The second-order valence-electron chi connectivity index (χ2n) is 8.62. The molecule has 2 fully saturated rings. The first-order valence-corrected chi connectivity index (χ1v) is 10.7. The molecule has 1 unspecified atom stereocenters. The Morgan fingerprint density at radius 1 is 1.16 bits per heavy atom. The van der Waals surface area contributed by atoms with Crippen LogP contribution in [0.4, 0.5) is 22.0 Å². The number of piperazine rings is 1. The summed E-state index contributed by atoms with van der Waals surface area (Å²) in [6.07, 6.45) is -2.85. The van der Waals surface area contributed by atoms with Crippen LogP contribution in [0.3, 0.4) is 0 Å². The normalized spacial score (nSPS) is 18.8. The van der Waals surface area contributed by atoms with Gasteiger partial charge < -0.3 is 4.90 Å². The van der Waals surface area contributed by atoms with Gasteiger partial charge in [0.15, 0.2) is 17.3 Å². The van der Waals surface area contributed by atoms with Crippen LogP contribution in [0.15, 0.2) is 24.3 Å². The summed E-state index contributed by atoms with van der Waals surface area (Å²) in [5, 5.41) is 3.73. The summed E-state index contributed by atoms with van der Waals surface area (Å²) >= 11 is 0. The summed E-state index contributed by atoms with van der Waals surface area (Å²) < 4.78 is 67.9. The van der Waals surface area contributed by atoms with Gasteiger partial charge in [-0.3, -0.25) is 14.4 Å². The number of amides is 1. The Kier molecular flexibility index (Phi) is 6.24. The molecule has 32 heavy (non-hydrogen) atoms. The van der Waals surface area contributed by atoms with Crippen LogP contribution in [-0.4, -0.2) is 51.7 Å². The van der Waals surface area contributed by atoms with Crippen LogP contribution < -0.4 is 0 Å². The van der Waals surface area contributed by atoms with Crippen LogP contribution in [-0.2, 0) is 24.1 Å². The first-order chi connectivity index (χ1) is 15.1. The highest BCUT2D eigenvalue weighted by molar-refractivity contribution is 5.78. The van der Waals surface area contributed by atoms with Gasteiger partial charge in [0.2, 0.25) is 5.91 Å². The van der Waals surface area contributed by atoms with Crippen molar-refractivity contribution in [3.63, 3.8) is 0 Å². The van der Waals surface area contributed by atoms with E-state index in [1.165, 1.54) is 16.8 Å². The van der Waals surface area contributed by atoms with E-state index in [-0.39, 0.29) is 30.5 Å². The summed E-state index contributed by atoms with van der Waals surface area (Å²) in [4.78, 5) is 16.5. The fraction of sp³-hybridized carbons (Fsp3) is 0.545. The Morgan fingerprint density at radius 2 is 1.84 bits per heavy atom. The first-order valence-electron chi connectivity index (χ1n) is 10.7. The predicted octanol–water partition coefficient (Wildman–Crippen LogP) is 4.04. The van der Waals surface area contributed by atoms with Gasteiger partial charge in [0.05, 0.1) is 12.5 Å². The lowest BCUT2D eigenvalue weighted by atomic mass is 10.1. The highest BCUT2D eigenvalue weighted by atomic mass is 19.4. The zero-order valence-electron chi connectivity index (χ0n) is 17.7. The van der Waals surface area contributed by atoms with E-state index in [1.54, 1.807) is 11.8 Å². The van der Waals surface area contributed by atoms with E-state index in [0.29, 0.717) is 31.9 Å². The zero-order valence-corrected chi connectivity index (χ0v) is 17.7. The SMILES string of the molecule is CC(Cn1nc(C(F)(F)F)cc1C1CC1)C(=O)N1CCN(Cc2cccc(F)c2F)CC1. The smallest absolute Gasteiger partial charge is 0.340 e. The van der Waals surface area contributed by atoms with Gasteiger partial charge in [-0.05, 0) is 25.0 Å². The average Bonchev–Trinajstić information content (AvgIpc) is 3.50. The molecule has 2 aliphatic rings. The molecule has 1 saturated heterocycles. The van der Waals surface area contributed by atoms with Gasteiger partial charge in [0.25, 0.3) is 0 Å². The number of alkyl halides is 3. The van der Waals surface area contributed by atoms with Crippen molar-refractivity contribution in [2.75, 3.05) is 26.2 Å². The van der Waals surface area contributed by atoms with Gasteiger partial charge in [-0.2, -0.15) is 18.3 Å². The summed E-state index contributed by atoms with van der Waals surface area (Å²) in [6.45, 7) is 3.88. The topological polar surface area (TPSA) is 41.4 Å². The number of hydrogen-bond acceptors (Lipinski definition) is 3. The molecule has 1 aromatic heterocycles. The minimum Gasteiger partial charge on any atom is -0.340 e. The Labute approximate surface area is 182 Å². The monoisotopic (exact) mass is 456 g/mol. The van der Waals surface area contributed by atoms with E-state index >= 15 is 0 Å². The third kappa shape index (κ3) is 4.95. The number of hydrogen-bond donors (Lipinski definition) is 0. The van der Waals surface area contributed by atoms with Crippen molar-refractivity contribution in [3.8, 4) is 0 Å². The van der Waals surface area contributed by atoms with Crippen LogP contribution in [0.5, 0.6) is 0 Å². The third-order valence-corrected chi connectivity index (χ3v) is 6.08. The fourth-order valence-corrected chi connectivity index (χ4v) is 4.11. The Hall–Kier alpha value is -2.49. The molecule has 2 aromatic rings. The van der Waals surface area contributed by atoms with Gasteiger partial charge >= 0.3 is 6.18 Å². The summed E-state index contributed by atoms with van der Waals surface area (Å²) in [6, 6.07) is 5.17. The molecule has 1 aliphatic carbocycles. The van der Waals surface area contributed by atoms with Crippen LogP contribution in [0.1, 0.15) is 42.6 Å². The molecule has 0 N–H and O–H groups in total. The molecule has 4 rings (SSSR count). The average molecular weight is 456 g/mol. The number of halogens is 5. The second kappa shape index (κ2) is 8.80. The van der Waals surface area contributed by atoms with Gasteiger partial charge in [-0.15, -0.1) is 0 Å². The zero-order chi connectivity index (χ0) is 23.0. The number of carbonyl (C=O) groups excluding carboxylic acids is 1. The molecule has 0 radical (unpaired) electrons. The molecule has 0 spiro atoms. The number of nitrogens with zero attached hydrogens (tertiary/aromatic N) is 4. The maximum atomic E-state index is 13.9. The van der Waals surface area contributed by atoms with Crippen molar-refractivity contribution >= 4 is 5.91 Å². The standard InChI is InChI=1S/C22H25F5N4O/c1-14(12-31-18(15-5-6-15)11-19(28-31)22(25,26)27)21(32)30-9-7-29(8-10-30)13-16-3-2-4-17(23)20(16)24/h2-4,11,14-15H,5-10,12-13H2,1H3. The van der Waals surface area contributed by atoms with Crippen LogP contribution >= 0.6 is 0 Å². The Morgan fingerprint density at radius 3 is 2.47 bits per heavy atom. The van der Waals surface area contributed by atoms with E-state index in [9.17, 15) is 26.7 Å². The van der Waals surface area contributed by atoms with E-state index in [2.05, 4.69) is 5.10 Å². The van der Waals surface area contributed by atoms with E-state index in [1.807, 2.05) is 4.90 Å². The Bertz CT molecular complexity index is 977. The second-order valence-corrected chi connectivity index (χ2v) is 8.62. The minimum absolute atomic E-state index is 0.0765. The van der Waals surface area contributed by atoms with Gasteiger partial charge in [0.1, 0.15) is 0 Å². The summed E-state index contributed by atoms with van der Waals surface area (Å²) in [5.41, 5.74) is -0.110. The molecule has 5 nitrogen and oxygen atoms in total. The number of aromatic nitrogens is 2. The van der Waals surface area contributed by atoms with E-state index < -0.39 is 29.4 Å². The van der Waals surface area contributed by atoms with Crippen molar-refractivity contribution in [1.29, 1.82) is 0 Å². The molecule has 1 aromatic carbocycles. The molecule has 1 aliphatic heterocycles. The van der Waals surface area contributed by atoms with Crippen molar-refractivity contribution in [3.05, 3.63) is 52.9 Å². The predicted molar refractivity (Wildman–Crippen MR) is 107 cm³/mol. The molecule has 1 saturated carbocycles. The highest BCUT2D eigenvalue weighted by Crippen LogP contribution is 2.42. The van der Waals surface area contributed by atoms with Crippen LogP contribution in [0.25, 0.3) is 0 Å². The number of carbonyl (C=O) groups is 1. The molecule has 1 amide bonds. The molecule has 2 heterocycles. The maximum absolute atomic E-state index is 13.9. The van der Waals surface area contributed by atoms with Crippen molar-refractivity contribution < 1.29 is 26.7 Å². The number of rotatable bonds is 6. The van der Waals surface area contributed by atoms with Gasteiger partial charge in [-0.1, -0.05) is 19.1 Å². The molecule has 1 atom stereocenters. The fourth-order valence-electron chi connectivity index (χ4n) is 4.11. The van der Waals surface area contributed by atoms with Crippen molar-refractivity contribution in [1.82, 2.24) is 19.6 Å². The van der Waals surface area contributed by atoms with Gasteiger partial charge in [0, 0.05) is 49.9 Å². The van der Waals surface area contributed by atoms with Crippen LogP contribution in [0.2, 0.25) is 0 Å². The van der Waals surface area contributed by atoms with E-state index in [0.717, 1.165) is 25.0 Å². The van der Waals surface area contributed by atoms with Gasteiger partial charge in [-0.25, -0.2) is 8.78 Å². The number of benzene rings is 1. The molecular formula is C22H25F5N4O. The van der Waals surface area contributed by atoms with Crippen LogP contribution in [0, 0.1) is 17.6 Å². The first kappa shape index (κ1) is 22.7. The van der Waals surface area contributed by atoms with E-state index in [4.69, 9.17) is 0 Å². The third-order valence-electron chi connectivity index (χ3n) is 6.08. The Balaban J connectivity index is 1.34. The lowest BCUT2D eigenvalue weighted by molar-refractivity contribution is -0.141. The van der Waals surface area contributed by atoms with Crippen molar-refractivity contribution in [2.45, 2.75) is 44.9 Å². The highest BCUT2D eigenvalue weighted by Gasteiger charge is 2.38. The minimum atomic E-state index is -4.51. The molecule has 0 bridgehead atoms.